The van der Waals surface area contributed by atoms with Gasteiger partial charge in [-0.25, -0.2) is 9.48 Å². The lowest BCUT2D eigenvalue weighted by Gasteiger charge is -2.10. The van der Waals surface area contributed by atoms with E-state index in [1.807, 2.05) is 6.07 Å². The second-order valence-electron chi connectivity index (χ2n) is 4.98. The zero-order chi connectivity index (χ0) is 17.4. The van der Waals surface area contributed by atoms with Gasteiger partial charge in [-0.15, -0.1) is 0 Å². The molecule has 2 rings (SSSR count). The highest BCUT2D eigenvalue weighted by Gasteiger charge is 2.12. The van der Waals surface area contributed by atoms with E-state index in [1.165, 1.54) is 25.1 Å². The van der Waals surface area contributed by atoms with E-state index in [0.717, 1.165) is 0 Å². The molecule has 1 aromatic carbocycles. The number of esters is 1. The third-order valence-electron chi connectivity index (χ3n) is 3.40. The highest BCUT2D eigenvalue weighted by Crippen LogP contribution is 2.19. The van der Waals surface area contributed by atoms with Crippen molar-refractivity contribution in [3.05, 3.63) is 52.4 Å². The molecule has 0 unspecified atom stereocenters. The lowest BCUT2D eigenvalue weighted by molar-refractivity contribution is 0.0497. The van der Waals surface area contributed by atoms with Crippen molar-refractivity contribution >= 4 is 5.97 Å². The molecule has 0 amide bonds. The number of aromatic nitrogens is 2. The van der Waals surface area contributed by atoms with Crippen molar-refractivity contribution in [1.82, 2.24) is 9.78 Å². The zero-order valence-corrected chi connectivity index (χ0v) is 13.7. The van der Waals surface area contributed by atoms with Crippen LogP contribution < -0.4 is 15.0 Å². The molecular formula is C17H20N2O5. The van der Waals surface area contributed by atoms with Crippen LogP contribution in [0.4, 0.5) is 0 Å². The van der Waals surface area contributed by atoms with Crippen LogP contribution >= 0.6 is 0 Å². The monoisotopic (exact) mass is 332 g/mol. The van der Waals surface area contributed by atoms with Gasteiger partial charge in [-0.2, -0.15) is 5.10 Å². The minimum atomic E-state index is -0.350. The summed E-state index contributed by atoms with van der Waals surface area (Å²) in [7, 11) is 2.86. The van der Waals surface area contributed by atoms with Gasteiger partial charge in [0.25, 0.3) is 0 Å². The van der Waals surface area contributed by atoms with Gasteiger partial charge < -0.3 is 14.2 Å². The molecule has 0 aliphatic heterocycles. The molecule has 0 bridgehead atoms. The summed E-state index contributed by atoms with van der Waals surface area (Å²) in [6.45, 7) is 0.692. The van der Waals surface area contributed by atoms with Gasteiger partial charge in [-0.1, -0.05) is 18.2 Å². The van der Waals surface area contributed by atoms with E-state index in [9.17, 15) is 9.59 Å². The third kappa shape index (κ3) is 4.34. The second-order valence-corrected chi connectivity index (χ2v) is 4.98. The van der Waals surface area contributed by atoms with Crippen LogP contribution in [0, 0.1) is 0 Å². The van der Waals surface area contributed by atoms with Crippen molar-refractivity contribution in [2.45, 2.75) is 19.4 Å². The molecule has 0 atom stereocenters. The van der Waals surface area contributed by atoms with Gasteiger partial charge in [0.05, 0.1) is 32.6 Å². The van der Waals surface area contributed by atoms with Gasteiger partial charge in [0.1, 0.15) is 0 Å². The molecule has 0 aliphatic rings. The van der Waals surface area contributed by atoms with Crippen molar-refractivity contribution in [3.63, 3.8) is 0 Å². The van der Waals surface area contributed by atoms with Crippen LogP contribution in [0.1, 0.15) is 23.2 Å². The van der Waals surface area contributed by atoms with Crippen molar-refractivity contribution in [2.24, 2.45) is 0 Å². The summed E-state index contributed by atoms with van der Waals surface area (Å²) in [5, 5.41) is 4.03. The molecule has 2 aromatic rings. The zero-order valence-electron chi connectivity index (χ0n) is 13.7. The minimum Gasteiger partial charge on any atom is -0.491 e. The Hall–Kier alpha value is -2.83. The smallest absolute Gasteiger partial charge is 0.338 e. The van der Waals surface area contributed by atoms with Crippen LogP contribution in [0.25, 0.3) is 0 Å². The summed E-state index contributed by atoms with van der Waals surface area (Å²) in [5.74, 6) is 0.0792. The lowest BCUT2D eigenvalue weighted by Crippen LogP contribution is -2.24. The number of aryl methyl sites for hydroxylation is 1. The molecular weight excluding hydrogens is 312 g/mol. The topological polar surface area (TPSA) is 79.7 Å². The minimum absolute atomic E-state index is 0.128. The van der Waals surface area contributed by atoms with Crippen molar-refractivity contribution < 1.29 is 19.0 Å². The summed E-state index contributed by atoms with van der Waals surface area (Å²) in [4.78, 5) is 23.9. The van der Waals surface area contributed by atoms with E-state index in [4.69, 9.17) is 14.2 Å². The van der Waals surface area contributed by atoms with Gasteiger partial charge in [-0.05, 0) is 25.0 Å². The number of benzene rings is 1. The quantitative estimate of drug-likeness (QED) is 0.542. The van der Waals surface area contributed by atoms with E-state index >= 15 is 0 Å². The van der Waals surface area contributed by atoms with Crippen LogP contribution in [-0.4, -0.2) is 36.6 Å². The predicted molar refractivity (Wildman–Crippen MR) is 87.6 cm³/mol. The normalized spacial score (nSPS) is 10.2. The Morgan fingerprint density at radius 3 is 2.54 bits per heavy atom. The van der Waals surface area contributed by atoms with E-state index in [1.54, 1.807) is 24.3 Å². The molecule has 0 radical (unpaired) electrons. The Morgan fingerprint density at radius 2 is 1.88 bits per heavy atom. The number of rotatable bonds is 8. The fourth-order valence-corrected chi connectivity index (χ4v) is 2.13. The summed E-state index contributed by atoms with van der Waals surface area (Å²) < 4.78 is 16.6. The highest BCUT2D eigenvalue weighted by molar-refractivity contribution is 5.89. The number of carbonyl (C=O) groups is 1. The second kappa shape index (κ2) is 8.71. The summed E-state index contributed by atoms with van der Waals surface area (Å²) in [6, 6.07) is 8.81. The molecule has 0 N–H and O–H groups in total. The Morgan fingerprint density at radius 1 is 1.12 bits per heavy atom. The Balaban J connectivity index is 1.81. The number of carbonyl (C=O) groups excluding carboxylic acids is 1. The number of methoxy groups -OCH3 is 2. The molecule has 7 heteroatoms. The Labute approximate surface area is 139 Å². The first-order valence-electron chi connectivity index (χ1n) is 7.57. The number of nitrogens with zero attached hydrogens (tertiary/aromatic N) is 2. The van der Waals surface area contributed by atoms with E-state index in [-0.39, 0.29) is 23.9 Å². The maximum Gasteiger partial charge on any atom is 0.338 e. The van der Waals surface area contributed by atoms with Crippen LogP contribution in [0.5, 0.6) is 11.5 Å². The van der Waals surface area contributed by atoms with Crippen LogP contribution in [0.3, 0.4) is 0 Å². The lowest BCUT2D eigenvalue weighted by atomic mass is 10.2. The summed E-state index contributed by atoms with van der Waals surface area (Å²) in [5.41, 5.74) is 0.174. The molecule has 128 valence electrons. The first-order valence-corrected chi connectivity index (χ1v) is 7.57. The molecule has 1 aromatic heterocycles. The number of hydrogen-bond donors (Lipinski definition) is 0. The van der Waals surface area contributed by atoms with Crippen LogP contribution in [0.15, 0.2) is 41.3 Å². The first kappa shape index (κ1) is 17.5. The molecule has 7 nitrogen and oxygen atoms in total. The van der Waals surface area contributed by atoms with E-state index in [2.05, 4.69) is 5.10 Å². The van der Waals surface area contributed by atoms with E-state index in [0.29, 0.717) is 30.7 Å². The SMILES string of the molecule is COc1cnn(CCCCOC(=O)c2ccccc2)c(=O)c1OC. The maximum absolute atomic E-state index is 12.1. The van der Waals surface area contributed by atoms with Gasteiger partial charge in [0.15, 0.2) is 5.75 Å². The highest BCUT2D eigenvalue weighted by atomic mass is 16.5. The average Bonchev–Trinajstić information content (AvgIpc) is 2.62. The van der Waals surface area contributed by atoms with Gasteiger partial charge >= 0.3 is 11.5 Å². The molecule has 24 heavy (non-hydrogen) atoms. The maximum atomic E-state index is 12.1. The number of ether oxygens (including phenoxy) is 3. The largest absolute Gasteiger partial charge is 0.491 e. The van der Waals surface area contributed by atoms with Crippen LogP contribution in [0.2, 0.25) is 0 Å². The fourth-order valence-electron chi connectivity index (χ4n) is 2.13. The Kier molecular flexibility index (Phi) is 6.36. The first-order chi connectivity index (χ1) is 11.7. The molecule has 0 fully saturated rings. The standard InChI is InChI=1S/C17H20N2O5/c1-22-14-12-18-19(16(20)15(14)23-2)10-6-7-11-24-17(21)13-8-4-3-5-9-13/h3-5,8-9,12H,6-7,10-11H2,1-2H3. The van der Waals surface area contributed by atoms with Crippen molar-refractivity contribution in [1.29, 1.82) is 0 Å². The predicted octanol–water partition coefficient (Wildman–Crippen LogP) is 1.90. The third-order valence-corrected chi connectivity index (χ3v) is 3.40. The summed E-state index contributed by atoms with van der Waals surface area (Å²) in [6.07, 6.45) is 2.71. The number of unbranched alkanes of at least 4 members (excludes halogenated alkanes) is 1. The number of hydrogen-bond acceptors (Lipinski definition) is 6. The Bertz CT molecular complexity index is 728. The molecule has 1 heterocycles. The molecule has 0 saturated carbocycles. The summed E-state index contributed by atoms with van der Waals surface area (Å²) >= 11 is 0. The average molecular weight is 332 g/mol. The van der Waals surface area contributed by atoms with Gasteiger partial charge in [0.2, 0.25) is 5.75 Å². The fraction of sp³-hybridized carbons (Fsp3) is 0.353. The molecule has 0 saturated heterocycles. The van der Waals surface area contributed by atoms with Gasteiger partial charge in [0, 0.05) is 6.54 Å². The van der Waals surface area contributed by atoms with Gasteiger partial charge in [-0.3, -0.25) is 4.79 Å². The van der Waals surface area contributed by atoms with Crippen molar-refractivity contribution in [3.8, 4) is 11.5 Å². The van der Waals surface area contributed by atoms with E-state index < -0.39 is 0 Å². The van der Waals surface area contributed by atoms with Crippen molar-refractivity contribution in [2.75, 3.05) is 20.8 Å². The molecule has 0 spiro atoms. The molecule has 0 aliphatic carbocycles. The van der Waals surface area contributed by atoms with Crippen LogP contribution in [-0.2, 0) is 11.3 Å².